The van der Waals surface area contributed by atoms with E-state index in [1.165, 1.54) is 11.1 Å². The van der Waals surface area contributed by atoms with E-state index in [0.29, 0.717) is 5.88 Å². The van der Waals surface area contributed by atoms with Gasteiger partial charge in [-0.1, -0.05) is 42.0 Å². The van der Waals surface area contributed by atoms with Gasteiger partial charge in [0.25, 0.3) is 0 Å². The molecule has 0 amide bonds. The maximum atomic E-state index is 5.56. The number of benzene rings is 1. The predicted octanol–water partition coefficient (Wildman–Crippen LogP) is 3.22. The highest BCUT2D eigenvalue weighted by Crippen LogP contribution is 2.06. The van der Waals surface area contributed by atoms with Gasteiger partial charge in [0.15, 0.2) is 0 Å². The molecule has 15 heavy (non-hydrogen) atoms. The van der Waals surface area contributed by atoms with Crippen LogP contribution in [0.1, 0.15) is 11.1 Å². The number of hydrogen-bond donors (Lipinski definition) is 0. The van der Waals surface area contributed by atoms with Crippen LogP contribution in [0.15, 0.2) is 36.4 Å². The topological polar surface area (TPSA) is 3.24 Å². The Kier molecular flexibility index (Phi) is 5.44. The van der Waals surface area contributed by atoms with Crippen LogP contribution in [0, 0.1) is 6.92 Å². The number of allylic oxidation sites excluding steroid dienone is 1. The summed E-state index contributed by atoms with van der Waals surface area (Å²) >= 11 is 5.56. The zero-order valence-electron chi connectivity index (χ0n) is 9.41. The fourth-order valence-corrected chi connectivity index (χ4v) is 1.63. The molecular weight excluding hydrogens is 206 g/mol. The molecule has 0 aliphatic rings. The molecule has 0 saturated carbocycles. The van der Waals surface area contributed by atoms with Crippen molar-refractivity contribution in [3.63, 3.8) is 0 Å². The molecule has 1 aromatic carbocycles. The molecule has 0 unspecified atom stereocenters. The fraction of sp³-hybridized carbons (Fsp3) is 0.385. The number of rotatable bonds is 5. The molecule has 0 spiro atoms. The molecular formula is C13H18ClN. The van der Waals surface area contributed by atoms with Crippen LogP contribution < -0.4 is 0 Å². The zero-order valence-corrected chi connectivity index (χ0v) is 10.2. The van der Waals surface area contributed by atoms with Gasteiger partial charge in [-0.25, -0.2) is 0 Å². The monoisotopic (exact) mass is 223 g/mol. The van der Waals surface area contributed by atoms with Crippen molar-refractivity contribution in [2.75, 3.05) is 19.5 Å². The first-order valence-corrected chi connectivity index (χ1v) is 5.71. The summed E-state index contributed by atoms with van der Waals surface area (Å²) in [6.45, 7) is 4.05. The molecule has 0 aliphatic carbocycles. The zero-order chi connectivity index (χ0) is 11.1. The van der Waals surface area contributed by atoms with Gasteiger partial charge in [0, 0.05) is 19.0 Å². The molecule has 0 atom stereocenters. The minimum Gasteiger partial charge on any atom is -0.298 e. The van der Waals surface area contributed by atoms with Crippen molar-refractivity contribution in [1.82, 2.24) is 4.90 Å². The Morgan fingerprint density at radius 2 is 2.13 bits per heavy atom. The average molecular weight is 224 g/mol. The molecule has 82 valence electrons. The minimum absolute atomic E-state index is 0.596. The van der Waals surface area contributed by atoms with E-state index in [9.17, 15) is 0 Å². The summed E-state index contributed by atoms with van der Waals surface area (Å²) in [4.78, 5) is 2.26. The summed E-state index contributed by atoms with van der Waals surface area (Å²) in [5, 5.41) is 0. The maximum absolute atomic E-state index is 5.56. The number of alkyl halides is 1. The second-order valence-electron chi connectivity index (χ2n) is 3.81. The van der Waals surface area contributed by atoms with Crippen molar-refractivity contribution in [2.45, 2.75) is 13.5 Å². The third kappa shape index (κ3) is 5.01. The van der Waals surface area contributed by atoms with Crippen molar-refractivity contribution in [2.24, 2.45) is 0 Å². The summed E-state index contributed by atoms with van der Waals surface area (Å²) in [5.41, 5.74) is 2.67. The molecule has 1 nitrogen and oxygen atoms in total. The van der Waals surface area contributed by atoms with Crippen LogP contribution in [0.2, 0.25) is 0 Å². The van der Waals surface area contributed by atoms with Gasteiger partial charge in [-0.15, -0.1) is 11.6 Å². The molecule has 1 rings (SSSR count). The summed E-state index contributed by atoms with van der Waals surface area (Å²) in [7, 11) is 2.11. The molecule has 0 saturated heterocycles. The van der Waals surface area contributed by atoms with Crippen molar-refractivity contribution in [1.29, 1.82) is 0 Å². The van der Waals surface area contributed by atoms with Crippen LogP contribution in [0.25, 0.3) is 0 Å². The Morgan fingerprint density at radius 1 is 1.33 bits per heavy atom. The molecule has 0 fully saturated rings. The highest BCUT2D eigenvalue weighted by Gasteiger charge is 1.97. The van der Waals surface area contributed by atoms with Crippen LogP contribution in [-0.2, 0) is 6.54 Å². The lowest BCUT2D eigenvalue weighted by Gasteiger charge is -2.14. The Hall–Kier alpha value is -0.790. The maximum Gasteiger partial charge on any atom is 0.0404 e. The van der Waals surface area contributed by atoms with Gasteiger partial charge >= 0.3 is 0 Å². The lowest BCUT2D eigenvalue weighted by Crippen LogP contribution is -2.17. The SMILES string of the molecule is Cc1cccc(CN(C)CC=CCCl)c1. The third-order valence-corrected chi connectivity index (χ3v) is 2.39. The van der Waals surface area contributed by atoms with Crippen LogP contribution in [-0.4, -0.2) is 24.4 Å². The molecule has 2 heteroatoms. The summed E-state index contributed by atoms with van der Waals surface area (Å²) in [6.07, 6.45) is 4.08. The van der Waals surface area contributed by atoms with E-state index in [0.717, 1.165) is 13.1 Å². The Labute approximate surface area is 97.4 Å². The average Bonchev–Trinajstić information content (AvgIpc) is 2.18. The van der Waals surface area contributed by atoms with Crippen molar-refractivity contribution in [3.8, 4) is 0 Å². The standard InChI is InChI=1S/C13H18ClN/c1-12-6-5-7-13(10-12)11-15(2)9-4-3-8-14/h3-7,10H,8-9,11H2,1-2H3. The fourth-order valence-electron chi connectivity index (χ4n) is 1.50. The highest BCUT2D eigenvalue weighted by atomic mass is 35.5. The van der Waals surface area contributed by atoms with Crippen molar-refractivity contribution < 1.29 is 0 Å². The van der Waals surface area contributed by atoms with Crippen LogP contribution in [0.3, 0.4) is 0 Å². The molecule has 0 N–H and O–H groups in total. The molecule has 1 aromatic rings. The van der Waals surface area contributed by atoms with Crippen molar-refractivity contribution in [3.05, 3.63) is 47.5 Å². The number of likely N-dealkylation sites (N-methyl/N-ethyl adjacent to an activating group) is 1. The van der Waals surface area contributed by atoms with E-state index in [2.05, 4.69) is 49.2 Å². The highest BCUT2D eigenvalue weighted by molar-refractivity contribution is 6.18. The second kappa shape index (κ2) is 6.65. The quantitative estimate of drug-likeness (QED) is 0.547. The number of halogens is 1. The van der Waals surface area contributed by atoms with Gasteiger partial charge in [-0.2, -0.15) is 0 Å². The van der Waals surface area contributed by atoms with Gasteiger partial charge in [0.2, 0.25) is 0 Å². The van der Waals surface area contributed by atoms with E-state index >= 15 is 0 Å². The predicted molar refractivity (Wildman–Crippen MR) is 67.4 cm³/mol. The normalized spacial score (nSPS) is 11.5. The first-order chi connectivity index (χ1) is 7.22. The van der Waals surface area contributed by atoms with Crippen LogP contribution >= 0.6 is 11.6 Å². The third-order valence-electron chi connectivity index (χ3n) is 2.21. The first-order valence-electron chi connectivity index (χ1n) is 5.17. The summed E-state index contributed by atoms with van der Waals surface area (Å²) < 4.78 is 0. The molecule has 0 bridgehead atoms. The number of aryl methyl sites for hydroxylation is 1. The minimum atomic E-state index is 0.596. The second-order valence-corrected chi connectivity index (χ2v) is 4.12. The van der Waals surface area contributed by atoms with E-state index in [-0.39, 0.29) is 0 Å². The molecule has 0 aromatic heterocycles. The van der Waals surface area contributed by atoms with Gasteiger partial charge in [0.05, 0.1) is 0 Å². The molecule has 0 radical (unpaired) electrons. The Bertz CT molecular complexity index is 320. The molecule has 0 aliphatic heterocycles. The smallest absolute Gasteiger partial charge is 0.0404 e. The van der Waals surface area contributed by atoms with Gasteiger partial charge in [0.1, 0.15) is 0 Å². The Morgan fingerprint density at radius 3 is 2.80 bits per heavy atom. The molecule has 0 heterocycles. The van der Waals surface area contributed by atoms with E-state index < -0.39 is 0 Å². The van der Waals surface area contributed by atoms with Crippen LogP contribution in [0.4, 0.5) is 0 Å². The summed E-state index contributed by atoms with van der Waals surface area (Å²) in [6, 6.07) is 8.61. The van der Waals surface area contributed by atoms with Gasteiger partial charge in [-0.05, 0) is 19.5 Å². The van der Waals surface area contributed by atoms with Crippen LogP contribution in [0.5, 0.6) is 0 Å². The van der Waals surface area contributed by atoms with Gasteiger partial charge in [-0.3, -0.25) is 4.90 Å². The van der Waals surface area contributed by atoms with E-state index in [4.69, 9.17) is 11.6 Å². The lowest BCUT2D eigenvalue weighted by atomic mass is 10.1. The van der Waals surface area contributed by atoms with Gasteiger partial charge < -0.3 is 0 Å². The summed E-state index contributed by atoms with van der Waals surface area (Å²) in [5.74, 6) is 0.596. The lowest BCUT2D eigenvalue weighted by molar-refractivity contribution is 0.363. The number of hydrogen-bond acceptors (Lipinski definition) is 1. The first kappa shape index (κ1) is 12.3. The largest absolute Gasteiger partial charge is 0.298 e. The van der Waals surface area contributed by atoms with E-state index in [1.54, 1.807) is 0 Å². The number of nitrogens with zero attached hydrogens (tertiary/aromatic N) is 1. The van der Waals surface area contributed by atoms with Crippen molar-refractivity contribution >= 4 is 11.6 Å². The van der Waals surface area contributed by atoms with E-state index in [1.807, 2.05) is 6.08 Å². The Balaban J connectivity index is 2.44.